The van der Waals surface area contributed by atoms with Gasteiger partial charge >= 0.3 is 5.97 Å². The molecule has 0 aliphatic heterocycles. The zero-order valence-corrected chi connectivity index (χ0v) is 12.1. The second-order valence-electron chi connectivity index (χ2n) is 4.89. The highest BCUT2D eigenvalue weighted by molar-refractivity contribution is 7.85. The SMILES string of the molecule is O=C(O)c1ccc2c(c1)C(=O)c1ccc(S(=O)(=O)[O-])cc1C2=O. The molecule has 0 spiro atoms. The lowest BCUT2D eigenvalue weighted by Crippen LogP contribution is -2.22. The van der Waals surface area contributed by atoms with Crippen molar-refractivity contribution in [2.24, 2.45) is 0 Å². The first-order valence-electron chi connectivity index (χ1n) is 6.27. The molecular weight excluding hydrogens is 324 g/mol. The third kappa shape index (κ3) is 2.33. The lowest BCUT2D eigenvalue weighted by atomic mass is 9.83. The van der Waals surface area contributed by atoms with Crippen LogP contribution in [-0.4, -0.2) is 35.6 Å². The van der Waals surface area contributed by atoms with Crippen molar-refractivity contribution in [2.45, 2.75) is 4.90 Å². The van der Waals surface area contributed by atoms with Crippen LogP contribution in [0.3, 0.4) is 0 Å². The molecule has 0 fully saturated rings. The third-order valence-electron chi connectivity index (χ3n) is 3.52. The number of aromatic carboxylic acids is 1. The van der Waals surface area contributed by atoms with Gasteiger partial charge in [0, 0.05) is 22.3 Å². The van der Waals surface area contributed by atoms with Crippen molar-refractivity contribution in [2.75, 3.05) is 0 Å². The summed E-state index contributed by atoms with van der Waals surface area (Å²) in [5.74, 6) is -2.49. The van der Waals surface area contributed by atoms with E-state index < -0.39 is 32.5 Å². The number of carbonyl (C=O) groups excluding carboxylic acids is 2. The van der Waals surface area contributed by atoms with Crippen molar-refractivity contribution >= 4 is 27.7 Å². The van der Waals surface area contributed by atoms with E-state index in [0.717, 1.165) is 24.3 Å². The Bertz CT molecular complexity index is 1000. The Labute approximate surface area is 129 Å². The Hall–Kier alpha value is -2.84. The molecule has 0 unspecified atom stereocenters. The molecule has 0 atom stereocenters. The molecule has 3 rings (SSSR count). The summed E-state index contributed by atoms with van der Waals surface area (Å²) < 4.78 is 33.2. The number of carbonyl (C=O) groups is 3. The zero-order chi connectivity index (χ0) is 16.9. The maximum absolute atomic E-state index is 12.4. The van der Waals surface area contributed by atoms with Gasteiger partial charge in [0.2, 0.25) is 0 Å². The second-order valence-corrected chi connectivity index (χ2v) is 6.26. The first kappa shape index (κ1) is 15.1. The summed E-state index contributed by atoms with van der Waals surface area (Å²) in [5, 5.41) is 8.96. The van der Waals surface area contributed by atoms with Crippen LogP contribution in [0.2, 0.25) is 0 Å². The van der Waals surface area contributed by atoms with E-state index in [1.807, 2.05) is 0 Å². The minimum absolute atomic E-state index is 0.0343. The fourth-order valence-electron chi connectivity index (χ4n) is 2.42. The van der Waals surface area contributed by atoms with Gasteiger partial charge in [0.15, 0.2) is 11.6 Å². The molecule has 1 aliphatic carbocycles. The van der Waals surface area contributed by atoms with Gasteiger partial charge in [-0.25, -0.2) is 13.2 Å². The van der Waals surface area contributed by atoms with Crippen LogP contribution in [0.5, 0.6) is 0 Å². The monoisotopic (exact) mass is 331 g/mol. The van der Waals surface area contributed by atoms with Crippen molar-refractivity contribution < 1.29 is 32.5 Å². The summed E-state index contributed by atoms with van der Waals surface area (Å²) >= 11 is 0. The Morgan fingerprint density at radius 1 is 0.870 bits per heavy atom. The summed E-state index contributed by atoms with van der Waals surface area (Å²) in [5.41, 5.74) is -0.514. The number of carboxylic acid groups (broad SMARTS) is 1. The first-order valence-corrected chi connectivity index (χ1v) is 7.67. The highest BCUT2D eigenvalue weighted by Crippen LogP contribution is 2.29. The average Bonchev–Trinajstić information content (AvgIpc) is 2.50. The molecule has 0 saturated heterocycles. The van der Waals surface area contributed by atoms with Crippen LogP contribution in [0.15, 0.2) is 41.3 Å². The predicted octanol–water partition coefficient (Wildman–Crippen LogP) is 1.06. The molecule has 116 valence electrons. The third-order valence-corrected chi connectivity index (χ3v) is 4.36. The number of hydrogen-bond acceptors (Lipinski definition) is 6. The summed E-state index contributed by atoms with van der Waals surface area (Å²) in [6.07, 6.45) is 0. The first-order chi connectivity index (χ1) is 10.7. The van der Waals surface area contributed by atoms with E-state index in [1.165, 1.54) is 12.1 Å². The molecule has 0 aromatic heterocycles. The Balaban J connectivity index is 2.24. The fourth-order valence-corrected chi connectivity index (χ4v) is 2.91. The van der Waals surface area contributed by atoms with Crippen molar-refractivity contribution in [1.82, 2.24) is 0 Å². The number of hydrogen-bond donors (Lipinski definition) is 1. The maximum atomic E-state index is 12.4. The fraction of sp³-hybridized carbons (Fsp3) is 0. The van der Waals surface area contributed by atoms with Gasteiger partial charge < -0.3 is 9.66 Å². The molecule has 0 heterocycles. The number of carboxylic acids is 1. The topological polar surface area (TPSA) is 129 Å². The normalized spacial score (nSPS) is 13.4. The standard InChI is InChI=1S/C15H8O7S/c16-13-10-4-2-8(23(20,21)22)6-12(10)14(17)9-3-1-7(15(18)19)5-11(9)13/h1-6H,(H,18,19)(H,20,21,22)/p-1. The molecule has 2 aromatic carbocycles. The molecule has 1 aliphatic rings. The van der Waals surface area contributed by atoms with Crippen molar-refractivity contribution in [3.63, 3.8) is 0 Å². The van der Waals surface area contributed by atoms with Gasteiger partial charge in [-0.1, -0.05) is 0 Å². The van der Waals surface area contributed by atoms with Gasteiger partial charge in [0.05, 0.1) is 10.5 Å². The zero-order valence-electron chi connectivity index (χ0n) is 11.3. The lowest BCUT2D eigenvalue weighted by molar-refractivity contribution is 0.0696. The van der Waals surface area contributed by atoms with Crippen LogP contribution in [0.4, 0.5) is 0 Å². The van der Waals surface area contributed by atoms with Gasteiger partial charge in [-0.3, -0.25) is 9.59 Å². The maximum Gasteiger partial charge on any atom is 0.335 e. The molecule has 23 heavy (non-hydrogen) atoms. The van der Waals surface area contributed by atoms with E-state index in [2.05, 4.69) is 0 Å². The van der Waals surface area contributed by atoms with Gasteiger partial charge in [0.25, 0.3) is 0 Å². The molecular formula is C15H7O7S-. The largest absolute Gasteiger partial charge is 0.744 e. The number of fused-ring (bicyclic) bond motifs is 2. The minimum atomic E-state index is -4.76. The summed E-state index contributed by atoms with van der Waals surface area (Å²) in [4.78, 5) is 35.2. The quantitative estimate of drug-likeness (QED) is 0.695. The Morgan fingerprint density at radius 3 is 1.91 bits per heavy atom. The van der Waals surface area contributed by atoms with E-state index in [0.29, 0.717) is 0 Å². The number of benzene rings is 2. The molecule has 0 radical (unpaired) electrons. The van der Waals surface area contributed by atoms with Crippen LogP contribution in [0.25, 0.3) is 0 Å². The van der Waals surface area contributed by atoms with Gasteiger partial charge in [-0.05, 0) is 36.4 Å². The van der Waals surface area contributed by atoms with Crippen LogP contribution in [-0.2, 0) is 10.1 Å². The molecule has 0 amide bonds. The van der Waals surface area contributed by atoms with E-state index in [4.69, 9.17) is 5.11 Å². The lowest BCUT2D eigenvalue weighted by Gasteiger charge is -2.19. The van der Waals surface area contributed by atoms with E-state index >= 15 is 0 Å². The Morgan fingerprint density at radius 2 is 1.39 bits per heavy atom. The van der Waals surface area contributed by atoms with Crippen LogP contribution < -0.4 is 0 Å². The van der Waals surface area contributed by atoms with Gasteiger partial charge in [-0.15, -0.1) is 0 Å². The van der Waals surface area contributed by atoms with Crippen molar-refractivity contribution in [1.29, 1.82) is 0 Å². The average molecular weight is 331 g/mol. The van der Waals surface area contributed by atoms with E-state index in [9.17, 15) is 27.4 Å². The minimum Gasteiger partial charge on any atom is -0.744 e. The molecule has 0 bridgehead atoms. The van der Waals surface area contributed by atoms with Crippen LogP contribution >= 0.6 is 0 Å². The van der Waals surface area contributed by atoms with Crippen LogP contribution in [0, 0.1) is 0 Å². The summed E-state index contributed by atoms with van der Waals surface area (Å²) in [6.45, 7) is 0. The number of ketones is 2. The smallest absolute Gasteiger partial charge is 0.335 e. The highest BCUT2D eigenvalue weighted by Gasteiger charge is 2.30. The summed E-state index contributed by atoms with van der Waals surface area (Å²) in [7, 11) is -4.76. The van der Waals surface area contributed by atoms with Crippen LogP contribution in [0.1, 0.15) is 42.2 Å². The molecule has 1 N–H and O–H groups in total. The summed E-state index contributed by atoms with van der Waals surface area (Å²) in [6, 6.07) is 6.35. The van der Waals surface area contributed by atoms with E-state index in [1.54, 1.807) is 0 Å². The predicted molar refractivity (Wildman–Crippen MR) is 74.7 cm³/mol. The van der Waals surface area contributed by atoms with E-state index in [-0.39, 0.29) is 27.8 Å². The molecule has 0 saturated carbocycles. The van der Waals surface area contributed by atoms with Gasteiger partial charge in [-0.2, -0.15) is 0 Å². The van der Waals surface area contributed by atoms with Crippen molar-refractivity contribution in [3.8, 4) is 0 Å². The Kier molecular flexibility index (Phi) is 3.17. The van der Waals surface area contributed by atoms with Crippen molar-refractivity contribution in [3.05, 3.63) is 64.2 Å². The van der Waals surface area contributed by atoms with Gasteiger partial charge in [0.1, 0.15) is 10.1 Å². The molecule has 8 heteroatoms. The molecule has 2 aromatic rings. The number of rotatable bonds is 2. The molecule has 7 nitrogen and oxygen atoms in total. The second kappa shape index (κ2) is 4.83. The highest BCUT2D eigenvalue weighted by atomic mass is 32.2.